The topological polar surface area (TPSA) is 87.7 Å². The SMILES string of the molecule is CCCC(NC)C(=O)O.CCCC(NC)C(=O)OC. The molecular weight excluding hydrogens is 248 g/mol. The smallest absolute Gasteiger partial charge is 0.322 e. The molecule has 2 atom stereocenters. The van der Waals surface area contributed by atoms with Crippen LogP contribution < -0.4 is 10.6 Å². The maximum absolute atomic E-state index is 10.8. The van der Waals surface area contributed by atoms with Crippen LogP contribution in [-0.2, 0) is 14.3 Å². The predicted molar refractivity (Wildman–Crippen MR) is 75.2 cm³/mol. The summed E-state index contributed by atoms with van der Waals surface area (Å²) in [4.78, 5) is 21.1. The highest BCUT2D eigenvalue weighted by Gasteiger charge is 2.14. The molecule has 3 N–H and O–H groups in total. The number of methoxy groups -OCH3 is 1. The van der Waals surface area contributed by atoms with Gasteiger partial charge in [-0.15, -0.1) is 0 Å². The summed E-state index contributed by atoms with van der Waals surface area (Å²) in [7, 11) is 4.83. The molecule has 6 nitrogen and oxygen atoms in total. The van der Waals surface area contributed by atoms with Gasteiger partial charge in [0.05, 0.1) is 7.11 Å². The zero-order valence-electron chi connectivity index (χ0n) is 12.7. The van der Waals surface area contributed by atoms with Crippen LogP contribution in [0.15, 0.2) is 0 Å². The monoisotopic (exact) mass is 276 g/mol. The first-order valence-corrected chi connectivity index (χ1v) is 6.63. The van der Waals surface area contributed by atoms with Gasteiger partial charge in [0, 0.05) is 0 Å². The highest BCUT2D eigenvalue weighted by molar-refractivity contribution is 5.75. The van der Waals surface area contributed by atoms with Crippen LogP contribution in [0, 0.1) is 0 Å². The fourth-order valence-corrected chi connectivity index (χ4v) is 1.49. The summed E-state index contributed by atoms with van der Waals surface area (Å²) in [6.45, 7) is 4.00. The lowest BCUT2D eigenvalue weighted by Crippen LogP contribution is -2.34. The van der Waals surface area contributed by atoms with Gasteiger partial charge in [-0.2, -0.15) is 0 Å². The van der Waals surface area contributed by atoms with Crippen molar-refractivity contribution in [3.8, 4) is 0 Å². The quantitative estimate of drug-likeness (QED) is 0.573. The third-order valence-corrected chi connectivity index (χ3v) is 2.64. The summed E-state index contributed by atoms with van der Waals surface area (Å²) >= 11 is 0. The normalized spacial score (nSPS) is 12.9. The molecule has 0 aliphatic rings. The van der Waals surface area contributed by atoms with Crippen molar-refractivity contribution in [1.29, 1.82) is 0 Å². The molecule has 0 aliphatic carbocycles. The molecule has 0 saturated carbocycles. The minimum absolute atomic E-state index is 0.130. The number of nitrogens with one attached hydrogen (secondary N) is 2. The van der Waals surface area contributed by atoms with Crippen molar-refractivity contribution < 1.29 is 19.4 Å². The van der Waals surface area contributed by atoms with Crippen LogP contribution in [0.2, 0.25) is 0 Å². The van der Waals surface area contributed by atoms with Crippen molar-refractivity contribution in [3.05, 3.63) is 0 Å². The summed E-state index contributed by atoms with van der Waals surface area (Å²) in [5, 5.41) is 14.0. The van der Waals surface area contributed by atoms with Gasteiger partial charge in [-0.1, -0.05) is 26.7 Å². The summed E-state index contributed by atoms with van der Waals surface area (Å²) in [5.74, 6) is -0.941. The molecule has 0 aromatic rings. The first-order valence-electron chi connectivity index (χ1n) is 6.63. The first-order chi connectivity index (χ1) is 8.98. The molecule has 2 unspecified atom stereocenters. The van der Waals surface area contributed by atoms with Crippen LogP contribution in [0.25, 0.3) is 0 Å². The van der Waals surface area contributed by atoms with E-state index in [9.17, 15) is 9.59 Å². The maximum atomic E-state index is 10.8. The highest BCUT2D eigenvalue weighted by atomic mass is 16.5. The molecule has 0 spiro atoms. The number of aliphatic carboxylic acids is 1. The molecular formula is C13H28N2O4. The average Bonchev–Trinajstić information content (AvgIpc) is 2.41. The predicted octanol–water partition coefficient (Wildman–Crippen LogP) is 1.01. The van der Waals surface area contributed by atoms with E-state index in [4.69, 9.17) is 5.11 Å². The van der Waals surface area contributed by atoms with Crippen LogP contribution in [0.1, 0.15) is 39.5 Å². The van der Waals surface area contributed by atoms with Gasteiger partial charge in [0.1, 0.15) is 12.1 Å². The Morgan fingerprint density at radius 3 is 1.68 bits per heavy atom. The Kier molecular flexibility index (Phi) is 14.1. The lowest BCUT2D eigenvalue weighted by molar-refractivity contribution is -0.143. The van der Waals surface area contributed by atoms with Crippen LogP contribution in [0.4, 0.5) is 0 Å². The van der Waals surface area contributed by atoms with Crippen molar-refractivity contribution in [2.45, 2.75) is 51.6 Å². The largest absolute Gasteiger partial charge is 0.480 e. The molecule has 0 rings (SSSR count). The molecule has 6 heteroatoms. The zero-order valence-corrected chi connectivity index (χ0v) is 12.7. The van der Waals surface area contributed by atoms with Crippen molar-refractivity contribution in [3.63, 3.8) is 0 Å². The number of carboxylic acids is 1. The molecule has 0 aliphatic heterocycles. The van der Waals surface area contributed by atoms with E-state index in [2.05, 4.69) is 15.4 Å². The zero-order chi connectivity index (χ0) is 15.3. The Labute approximate surface area is 115 Å². The maximum Gasteiger partial charge on any atom is 0.322 e. The number of rotatable bonds is 8. The summed E-state index contributed by atoms with van der Waals surface area (Å²) in [6.07, 6.45) is 3.42. The summed E-state index contributed by atoms with van der Waals surface area (Å²) in [6, 6.07) is -0.495. The standard InChI is InChI=1S/C7H15NO2.C6H13NO2/c1-4-5-6(8-2)7(9)10-3;1-3-4-5(7-2)6(8)9/h6,8H,4-5H2,1-3H3;5,7H,3-4H2,1-2H3,(H,8,9). The van der Waals surface area contributed by atoms with Gasteiger partial charge >= 0.3 is 11.9 Å². The molecule has 0 bridgehead atoms. The van der Waals surface area contributed by atoms with E-state index in [-0.39, 0.29) is 18.1 Å². The van der Waals surface area contributed by atoms with Crippen molar-refractivity contribution in [2.75, 3.05) is 21.2 Å². The number of hydrogen-bond acceptors (Lipinski definition) is 5. The Bertz CT molecular complexity index is 247. The third-order valence-electron chi connectivity index (χ3n) is 2.64. The minimum Gasteiger partial charge on any atom is -0.480 e. The number of carboxylic acid groups (broad SMARTS) is 1. The minimum atomic E-state index is -0.764. The number of hydrogen-bond donors (Lipinski definition) is 3. The van der Waals surface area contributed by atoms with E-state index in [1.54, 1.807) is 14.1 Å². The lowest BCUT2D eigenvalue weighted by atomic mass is 10.2. The molecule has 0 aromatic carbocycles. The van der Waals surface area contributed by atoms with Gasteiger partial charge < -0.3 is 20.5 Å². The van der Waals surface area contributed by atoms with Gasteiger partial charge in [0.2, 0.25) is 0 Å². The van der Waals surface area contributed by atoms with E-state index in [1.807, 2.05) is 13.8 Å². The van der Waals surface area contributed by atoms with Crippen LogP contribution >= 0.6 is 0 Å². The Balaban J connectivity index is 0. The van der Waals surface area contributed by atoms with Gasteiger partial charge in [-0.25, -0.2) is 0 Å². The van der Waals surface area contributed by atoms with E-state index in [1.165, 1.54) is 7.11 Å². The van der Waals surface area contributed by atoms with E-state index in [0.29, 0.717) is 6.42 Å². The number of ether oxygens (including phenoxy) is 1. The fraction of sp³-hybridized carbons (Fsp3) is 0.846. The van der Waals surface area contributed by atoms with Crippen molar-refractivity contribution >= 4 is 11.9 Å². The molecule has 0 saturated heterocycles. The van der Waals surface area contributed by atoms with Crippen molar-refractivity contribution in [2.24, 2.45) is 0 Å². The Hall–Kier alpha value is -1.14. The van der Waals surface area contributed by atoms with Gasteiger partial charge in [-0.3, -0.25) is 9.59 Å². The number of esters is 1. The molecule has 0 amide bonds. The first kappa shape index (κ1) is 20.2. The molecule has 0 aromatic heterocycles. The second-order valence-electron chi connectivity index (χ2n) is 4.12. The Morgan fingerprint density at radius 1 is 1.05 bits per heavy atom. The molecule has 19 heavy (non-hydrogen) atoms. The van der Waals surface area contributed by atoms with Gasteiger partial charge in [0.25, 0.3) is 0 Å². The number of carbonyl (C=O) groups excluding carboxylic acids is 1. The van der Waals surface area contributed by atoms with Crippen LogP contribution in [0.3, 0.4) is 0 Å². The van der Waals surface area contributed by atoms with Gasteiger partial charge in [0.15, 0.2) is 0 Å². The lowest BCUT2D eigenvalue weighted by Gasteiger charge is -2.11. The molecule has 0 fully saturated rings. The highest BCUT2D eigenvalue weighted by Crippen LogP contribution is 1.97. The summed E-state index contributed by atoms with van der Waals surface area (Å²) < 4.78 is 4.55. The molecule has 0 radical (unpaired) electrons. The molecule has 0 heterocycles. The Morgan fingerprint density at radius 2 is 1.47 bits per heavy atom. The fourth-order valence-electron chi connectivity index (χ4n) is 1.49. The number of carbonyl (C=O) groups is 2. The van der Waals surface area contributed by atoms with Gasteiger partial charge in [-0.05, 0) is 26.9 Å². The second kappa shape index (κ2) is 13.3. The molecule has 114 valence electrons. The van der Waals surface area contributed by atoms with E-state index < -0.39 is 5.97 Å². The average molecular weight is 276 g/mol. The third kappa shape index (κ3) is 10.5. The summed E-state index contributed by atoms with van der Waals surface area (Å²) in [5.41, 5.74) is 0. The number of likely N-dealkylation sites (N-methyl/N-ethyl adjacent to an activating group) is 2. The van der Waals surface area contributed by atoms with Crippen molar-refractivity contribution in [1.82, 2.24) is 10.6 Å². The second-order valence-corrected chi connectivity index (χ2v) is 4.12. The van der Waals surface area contributed by atoms with E-state index in [0.717, 1.165) is 19.3 Å². The van der Waals surface area contributed by atoms with Crippen LogP contribution in [0.5, 0.6) is 0 Å². The van der Waals surface area contributed by atoms with E-state index >= 15 is 0 Å². The van der Waals surface area contributed by atoms with Crippen LogP contribution in [-0.4, -0.2) is 50.3 Å².